The third-order valence-electron chi connectivity index (χ3n) is 13.3. The number of benzene rings is 9. The molecule has 298 valence electrons. The molecule has 0 aliphatic carbocycles. The molecule has 64 heavy (non-hydrogen) atoms. The molecular weight excluding hydrogens is 779 g/mol. The number of para-hydroxylation sites is 5. The predicted octanol–water partition coefficient (Wildman–Crippen LogP) is 15.1. The van der Waals surface area contributed by atoms with E-state index in [9.17, 15) is 0 Å². The Kier molecular flexibility index (Phi) is 7.33. The van der Waals surface area contributed by atoms with Crippen molar-refractivity contribution in [2.75, 3.05) is 0 Å². The van der Waals surface area contributed by atoms with Crippen molar-refractivity contribution < 1.29 is 0 Å². The second kappa shape index (κ2) is 13.4. The van der Waals surface area contributed by atoms with Crippen molar-refractivity contribution in [3.05, 3.63) is 224 Å². The second-order valence-corrected chi connectivity index (χ2v) is 16.8. The maximum Gasteiger partial charge on any atom is 0.138 e. The zero-order valence-electron chi connectivity index (χ0n) is 34.6. The average molecular weight is 816 g/mol. The molecule has 0 N–H and O–H groups in total. The van der Waals surface area contributed by atoms with E-state index in [2.05, 4.69) is 237 Å². The summed E-state index contributed by atoms with van der Waals surface area (Å²) in [5.41, 5.74) is 14.8. The van der Waals surface area contributed by atoms with Crippen LogP contribution in [0.1, 0.15) is 0 Å². The molecule has 0 radical (unpaired) electrons. The average Bonchev–Trinajstić information content (AvgIpc) is 4.08. The predicted molar refractivity (Wildman–Crippen MR) is 267 cm³/mol. The number of hydrogen-bond acceptors (Lipinski definition) is 1. The molecule has 0 atom stereocenters. The Balaban J connectivity index is 1.01. The number of aromatic nitrogens is 5. The summed E-state index contributed by atoms with van der Waals surface area (Å²) in [4.78, 5) is 5.26. The van der Waals surface area contributed by atoms with E-state index < -0.39 is 0 Å². The Labute approximate surface area is 367 Å². The zero-order chi connectivity index (χ0) is 41.9. The summed E-state index contributed by atoms with van der Waals surface area (Å²) in [6, 6.07) is 81.2. The molecule has 0 aliphatic heterocycles. The summed E-state index contributed by atoms with van der Waals surface area (Å²) in [5, 5.41) is 9.83. The minimum Gasteiger partial charge on any atom is -0.309 e. The van der Waals surface area contributed by atoms with Crippen molar-refractivity contribution in [3.8, 4) is 34.1 Å². The van der Waals surface area contributed by atoms with Gasteiger partial charge in [-0.25, -0.2) is 4.98 Å². The van der Waals surface area contributed by atoms with Crippen LogP contribution in [0.25, 0.3) is 121 Å². The van der Waals surface area contributed by atoms with Crippen LogP contribution in [0.3, 0.4) is 0 Å². The van der Waals surface area contributed by atoms with Gasteiger partial charge in [0.15, 0.2) is 0 Å². The first-order valence-corrected chi connectivity index (χ1v) is 21.9. The molecule has 0 bridgehead atoms. The van der Waals surface area contributed by atoms with Gasteiger partial charge in [-0.05, 0) is 91.0 Å². The highest BCUT2D eigenvalue weighted by atomic mass is 15.1. The van der Waals surface area contributed by atoms with Crippen LogP contribution in [0.15, 0.2) is 224 Å². The number of pyridine rings is 1. The van der Waals surface area contributed by atoms with Crippen LogP contribution in [0.2, 0.25) is 0 Å². The van der Waals surface area contributed by atoms with E-state index in [1.165, 1.54) is 70.7 Å². The molecule has 0 amide bonds. The van der Waals surface area contributed by atoms with Crippen LogP contribution in [-0.2, 0) is 0 Å². The molecule has 5 nitrogen and oxygen atoms in total. The fourth-order valence-electron chi connectivity index (χ4n) is 10.7. The maximum atomic E-state index is 5.26. The lowest BCUT2D eigenvalue weighted by molar-refractivity contribution is 1.08. The summed E-state index contributed by atoms with van der Waals surface area (Å²) in [7, 11) is 0. The van der Waals surface area contributed by atoms with Gasteiger partial charge in [-0.1, -0.05) is 133 Å². The molecule has 5 heteroatoms. The molecule has 0 saturated heterocycles. The molecule has 5 heterocycles. The van der Waals surface area contributed by atoms with Crippen molar-refractivity contribution in [2.45, 2.75) is 0 Å². The highest BCUT2D eigenvalue weighted by Gasteiger charge is 2.23. The molecule has 9 aromatic carbocycles. The van der Waals surface area contributed by atoms with Gasteiger partial charge < -0.3 is 13.7 Å². The standard InChI is InChI=1S/C59H37N5/c1-3-17-38(18-4-1)48-27-16-32-57(60-48)64-52-31-14-10-26-45(52)59-54(64)34-33-53-58(59)44-25-9-13-30-51(44)62(53)40-21-15-22-41(35-40)63-50-29-12-8-24-43(50)47-36-55-46(37-56(47)63)42-23-7-11-28-49(42)61(55)39-19-5-2-6-20-39/h1-37H. The molecule has 14 aromatic rings. The smallest absolute Gasteiger partial charge is 0.138 e. The molecule has 0 fully saturated rings. The highest BCUT2D eigenvalue weighted by molar-refractivity contribution is 6.29. The first-order chi connectivity index (χ1) is 31.8. The Morgan fingerprint density at radius 1 is 0.250 bits per heavy atom. The van der Waals surface area contributed by atoms with Crippen LogP contribution in [0, 0.1) is 0 Å². The summed E-state index contributed by atoms with van der Waals surface area (Å²) in [5.74, 6) is 0.899. The van der Waals surface area contributed by atoms with E-state index in [0.29, 0.717) is 0 Å². The summed E-state index contributed by atoms with van der Waals surface area (Å²) in [6.45, 7) is 0. The van der Waals surface area contributed by atoms with Gasteiger partial charge in [0.05, 0.1) is 49.8 Å². The number of nitrogens with zero attached hydrogens (tertiary/aromatic N) is 5. The van der Waals surface area contributed by atoms with Crippen LogP contribution in [-0.4, -0.2) is 23.3 Å². The van der Waals surface area contributed by atoms with Gasteiger partial charge >= 0.3 is 0 Å². The van der Waals surface area contributed by atoms with Crippen LogP contribution in [0.4, 0.5) is 0 Å². The van der Waals surface area contributed by atoms with Gasteiger partial charge in [-0.3, -0.25) is 4.57 Å². The lowest BCUT2D eigenvalue weighted by Gasteiger charge is -2.13. The van der Waals surface area contributed by atoms with Crippen LogP contribution in [0.5, 0.6) is 0 Å². The van der Waals surface area contributed by atoms with E-state index in [0.717, 1.165) is 50.7 Å². The quantitative estimate of drug-likeness (QED) is 0.170. The van der Waals surface area contributed by atoms with Crippen molar-refractivity contribution in [1.29, 1.82) is 0 Å². The maximum absolute atomic E-state index is 5.26. The largest absolute Gasteiger partial charge is 0.309 e. The van der Waals surface area contributed by atoms with Gasteiger partial charge in [-0.15, -0.1) is 0 Å². The SMILES string of the molecule is c1ccc(-c2cccc(-n3c4ccccc4c4c5c6ccccc6n(-c6cccc(-n7c8ccccc8c8cc9c(cc87)c7ccccc7n9-c7ccccc7)c6)c5ccc43)n2)cc1. The minimum atomic E-state index is 0.899. The Morgan fingerprint density at radius 3 is 1.27 bits per heavy atom. The molecule has 0 aliphatic rings. The van der Waals surface area contributed by atoms with Crippen molar-refractivity contribution in [3.63, 3.8) is 0 Å². The normalized spacial score (nSPS) is 12.1. The van der Waals surface area contributed by atoms with Crippen molar-refractivity contribution >= 4 is 87.2 Å². The summed E-state index contributed by atoms with van der Waals surface area (Å²) in [6.07, 6.45) is 0. The van der Waals surface area contributed by atoms with E-state index in [-0.39, 0.29) is 0 Å². The topological polar surface area (TPSA) is 32.6 Å². The Morgan fingerprint density at radius 2 is 0.672 bits per heavy atom. The molecular formula is C59H37N5. The lowest BCUT2D eigenvalue weighted by Crippen LogP contribution is -1.99. The van der Waals surface area contributed by atoms with E-state index >= 15 is 0 Å². The van der Waals surface area contributed by atoms with Crippen LogP contribution < -0.4 is 0 Å². The third-order valence-corrected chi connectivity index (χ3v) is 13.3. The van der Waals surface area contributed by atoms with E-state index in [4.69, 9.17) is 4.98 Å². The second-order valence-electron chi connectivity index (χ2n) is 16.8. The molecule has 14 rings (SSSR count). The lowest BCUT2D eigenvalue weighted by atomic mass is 10.1. The monoisotopic (exact) mass is 815 g/mol. The van der Waals surface area contributed by atoms with Crippen molar-refractivity contribution in [2.24, 2.45) is 0 Å². The molecule has 0 spiro atoms. The number of hydrogen-bond donors (Lipinski definition) is 0. The Bertz CT molecular complexity index is 4180. The number of rotatable bonds is 5. The van der Waals surface area contributed by atoms with Gasteiger partial charge in [0.2, 0.25) is 0 Å². The minimum absolute atomic E-state index is 0.899. The van der Waals surface area contributed by atoms with Gasteiger partial charge in [-0.2, -0.15) is 0 Å². The van der Waals surface area contributed by atoms with Gasteiger partial charge in [0.25, 0.3) is 0 Å². The third kappa shape index (κ3) is 4.92. The summed E-state index contributed by atoms with van der Waals surface area (Å²) >= 11 is 0. The first-order valence-electron chi connectivity index (χ1n) is 21.9. The molecule has 5 aromatic heterocycles. The van der Waals surface area contributed by atoms with Gasteiger partial charge in [0, 0.05) is 65.7 Å². The fourth-order valence-corrected chi connectivity index (χ4v) is 10.7. The van der Waals surface area contributed by atoms with Crippen LogP contribution >= 0.6 is 0 Å². The van der Waals surface area contributed by atoms with E-state index in [1.54, 1.807) is 0 Å². The fraction of sp³-hybridized carbons (Fsp3) is 0. The van der Waals surface area contributed by atoms with Gasteiger partial charge in [0.1, 0.15) is 5.82 Å². The van der Waals surface area contributed by atoms with Crippen molar-refractivity contribution in [1.82, 2.24) is 23.3 Å². The number of fused-ring (bicyclic) bond motifs is 13. The zero-order valence-corrected chi connectivity index (χ0v) is 34.6. The molecule has 0 saturated carbocycles. The highest BCUT2D eigenvalue weighted by Crippen LogP contribution is 2.44. The molecule has 0 unspecified atom stereocenters. The Hall–Kier alpha value is -8.67. The van der Waals surface area contributed by atoms with E-state index in [1.807, 2.05) is 6.07 Å². The first kappa shape index (κ1) is 35.0. The summed E-state index contributed by atoms with van der Waals surface area (Å²) < 4.78 is 9.65.